The maximum atomic E-state index is 13.1. The Kier molecular flexibility index (Phi) is 7.11. The molecule has 0 fully saturated rings. The van der Waals surface area contributed by atoms with Crippen LogP contribution in [0.1, 0.15) is 53.7 Å². The molecule has 2 rings (SSSR count). The van der Waals surface area contributed by atoms with Crippen molar-refractivity contribution in [2.75, 3.05) is 6.61 Å². The highest BCUT2D eigenvalue weighted by Crippen LogP contribution is 2.36. The van der Waals surface area contributed by atoms with Crippen LogP contribution in [0.3, 0.4) is 0 Å². The van der Waals surface area contributed by atoms with Crippen molar-refractivity contribution < 1.29 is 14.6 Å². The molecule has 0 atom stereocenters. The zero-order valence-electron chi connectivity index (χ0n) is 15.8. The Bertz CT molecular complexity index is 999. The normalized spacial score (nSPS) is 10.6. The van der Waals surface area contributed by atoms with Gasteiger partial charge in [0.25, 0.3) is 5.56 Å². The van der Waals surface area contributed by atoms with E-state index >= 15 is 0 Å². The van der Waals surface area contributed by atoms with E-state index in [4.69, 9.17) is 27.9 Å². The summed E-state index contributed by atoms with van der Waals surface area (Å²) in [6.45, 7) is 5.70. The first-order chi connectivity index (χ1) is 13.3. The van der Waals surface area contributed by atoms with Crippen LogP contribution >= 0.6 is 23.2 Å². The molecule has 0 saturated heterocycles. The van der Waals surface area contributed by atoms with Crippen LogP contribution in [0.4, 0.5) is 0 Å². The van der Waals surface area contributed by atoms with Crippen molar-refractivity contribution in [3.8, 4) is 17.7 Å². The number of benzene rings is 1. The van der Waals surface area contributed by atoms with Crippen LogP contribution in [0.25, 0.3) is 0 Å². The number of pyridine rings is 1. The lowest BCUT2D eigenvalue weighted by molar-refractivity contribution is 0.103. The molecule has 0 saturated carbocycles. The van der Waals surface area contributed by atoms with E-state index in [-0.39, 0.29) is 44.6 Å². The number of rotatable bonds is 7. The first kappa shape index (κ1) is 21.8. The second-order valence-electron chi connectivity index (χ2n) is 6.15. The van der Waals surface area contributed by atoms with E-state index in [9.17, 15) is 20.0 Å². The number of aromatic nitrogens is 1. The van der Waals surface area contributed by atoms with Gasteiger partial charge in [-0.25, -0.2) is 0 Å². The third-order valence-corrected chi connectivity index (χ3v) is 4.87. The van der Waals surface area contributed by atoms with Crippen molar-refractivity contribution >= 4 is 29.0 Å². The zero-order chi connectivity index (χ0) is 21.0. The number of ketones is 1. The highest BCUT2D eigenvalue weighted by atomic mass is 35.5. The van der Waals surface area contributed by atoms with Gasteiger partial charge < -0.3 is 9.84 Å². The molecule has 0 radical (unpaired) electrons. The molecule has 0 amide bonds. The molecule has 0 aliphatic heterocycles. The smallest absolute Gasteiger partial charge is 0.271 e. The van der Waals surface area contributed by atoms with Crippen LogP contribution in [0.15, 0.2) is 16.9 Å². The van der Waals surface area contributed by atoms with Crippen LogP contribution in [0, 0.1) is 18.3 Å². The minimum atomic E-state index is -0.620. The van der Waals surface area contributed by atoms with Gasteiger partial charge in [-0.15, -0.1) is 0 Å². The summed E-state index contributed by atoms with van der Waals surface area (Å²) in [5.41, 5.74) is -0.695. The van der Waals surface area contributed by atoms with Gasteiger partial charge in [-0.1, -0.05) is 36.5 Å². The Balaban J connectivity index is 2.69. The van der Waals surface area contributed by atoms with Gasteiger partial charge >= 0.3 is 0 Å². The van der Waals surface area contributed by atoms with E-state index in [2.05, 4.69) is 0 Å². The maximum Gasteiger partial charge on any atom is 0.271 e. The van der Waals surface area contributed by atoms with Crippen molar-refractivity contribution in [3.63, 3.8) is 0 Å². The van der Waals surface area contributed by atoms with Crippen LogP contribution in [-0.4, -0.2) is 22.1 Å². The fraction of sp³-hybridized carbons (Fsp3) is 0.350. The predicted octanol–water partition coefficient (Wildman–Crippen LogP) is 4.47. The van der Waals surface area contributed by atoms with E-state index in [0.717, 1.165) is 11.0 Å². The minimum Gasteiger partial charge on any atom is -0.494 e. The first-order valence-electron chi connectivity index (χ1n) is 8.81. The summed E-state index contributed by atoms with van der Waals surface area (Å²) in [4.78, 5) is 25.6. The van der Waals surface area contributed by atoms with Crippen LogP contribution in [-0.2, 0) is 6.54 Å². The second kappa shape index (κ2) is 9.13. The van der Waals surface area contributed by atoms with Crippen molar-refractivity contribution in [1.29, 1.82) is 5.26 Å². The van der Waals surface area contributed by atoms with Gasteiger partial charge in [-0.05, 0) is 38.0 Å². The summed E-state index contributed by atoms with van der Waals surface area (Å²) in [6.07, 6.45) is 1.38. The second-order valence-corrected chi connectivity index (χ2v) is 6.97. The standard InChI is InChI=1S/C20H20Cl2N2O4/c1-4-6-7-24-19(26)13(10-23)11(3)16(20(24)27)17(25)12-8-14(21)18(28-5-2)15(22)9-12/h8-9,27H,4-7H2,1-3H3. The van der Waals surface area contributed by atoms with Crippen molar-refractivity contribution in [1.82, 2.24) is 4.57 Å². The Labute approximate surface area is 172 Å². The Morgan fingerprint density at radius 3 is 2.39 bits per heavy atom. The van der Waals surface area contributed by atoms with Gasteiger partial charge in [0.15, 0.2) is 11.5 Å². The largest absolute Gasteiger partial charge is 0.494 e. The van der Waals surface area contributed by atoms with Crippen molar-refractivity contribution in [3.05, 3.63) is 54.8 Å². The van der Waals surface area contributed by atoms with E-state index in [1.165, 1.54) is 19.1 Å². The Hall–Kier alpha value is -2.49. The van der Waals surface area contributed by atoms with Gasteiger partial charge in [0.2, 0.25) is 5.88 Å². The van der Waals surface area contributed by atoms with E-state index in [1.807, 2.05) is 13.0 Å². The Morgan fingerprint density at radius 2 is 1.89 bits per heavy atom. The SMILES string of the molecule is CCCCn1c(O)c(C(=O)c2cc(Cl)c(OCC)c(Cl)c2)c(C)c(C#N)c1=O. The number of unbranched alkanes of at least 4 members (excludes halogenated alkanes) is 1. The van der Waals surface area contributed by atoms with Crippen LogP contribution in [0.5, 0.6) is 11.6 Å². The lowest BCUT2D eigenvalue weighted by atomic mass is 9.97. The van der Waals surface area contributed by atoms with Crippen LogP contribution in [0.2, 0.25) is 10.0 Å². The summed E-state index contributed by atoms with van der Waals surface area (Å²) in [7, 11) is 0. The van der Waals surface area contributed by atoms with E-state index in [0.29, 0.717) is 13.0 Å². The van der Waals surface area contributed by atoms with Gasteiger partial charge in [-0.2, -0.15) is 5.26 Å². The molecule has 0 aliphatic rings. The molecule has 8 heteroatoms. The number of nitriles is 1. The topological polar surface area (TPSA) is 92.3 Å². The quantitative estimate of drug-likeness (QED) is 0.664. The summed E-state index contributed by atoms with van der Waals surface area (Å²) < 4.78 is 6.41. The number of ether oxygens (including phenoxy) is 1. The molecule has 0 aliphatic carbocycles. The highest BCUT2D eigenvalue weighted by molar-refractivity contribution is 6.38. The molecule has 0 bridgehead atoms. The van der Waals surface area contributed by atoms with Gasteiger partial charge in [-0.3, -0.25) is 14.2 Å². The number of aromatic hydroxyl groups is 1. The van der Waals surface area contributed by atoms with Crippen LogP contribution < -0.4 is 10.3 Å². The van der Waals surface area contributed by atoms with Gasteiger partial charge in [0.05, 0.1) is 22.2 Å². The predicted molar refractivity (Wildman–Crippen MR) is 108 cm³/mol. The number of carbonyl (C=O) groups is 1. The summed E-state index contributed by atoms with van der Waals surface area (Å²) >= 11 is 12.4. The summed E-state index contributed by atoms with van der Waals surface area (Å²) in [6, 6.07) is 4.60. The minimum absolute atomic E-state index is 0.112. The average molecular weight is 423 g/mol. The average Bonchev–Trinajstić information content (AvgIpc) is 2.64. The molecular formula is C20H20Cl2N2O4. The molecule has 148 valence electrons. The summed E-state index contributed by atoms with van der Waals surface area (Å²) in [5, 5.41) is 20.3. The lowest BCUT2D eigenvalue weighted by Crippen LogP contribution is -2.27. The van der Waals surface area contributed by atoms with E-state index < -0.39 is 17.2 Å². The molecule has 2 aromatic rings. The molecule has 1 aromatic carbocycles. The van der Waals surface area contributed by atoms with Crippen molar-refractivity contribution in [2.45, 2.75) is 40.2 Å². The third kappa shape index (κ3) is 4.01. The number of hydrogen-bond donors (Lipinski definition) is 1. The third-order valence-electron chi connectivity index (χ3n) is 4.31. The van der Waals surface area contributed by atoms with E-state index in [1.54, 1.807) is 6.92 Å². The fourth-order valence-electron chi connectivity index (χ4n) is 2.86. The number of carbonyl (C=O) groups excluding carboxylic acids is 1. The zero-order valence-corrected chi connectivity index (χ0v) is 17.3. The molecule has 1 heterocycles. The summed E-state index contributed by atoms with van der Waals surface area (Å²) in [5.74, 6) is -0.807. The fourth-order valence-corrected chi connectivity index (χ4v) is 3.46. The molecule has 28 heavy (non-hydrogen) atoms. The highest BCUT2D eigenvalue weighted by Gasteiger charge is 2.26. The number of halogens is 2. The Morgan fingerprint density at radius 1 is 1.29 bits per heavy atom. The molecule has 1 N–H and O–H groups in total. The maximum absolute atomic E-state index is 13.1. The molecular weight excluding hydrogens is 403 g/mol. The molecule has 0 spiro atoms. The first-order valence-corrected chi connectivity index (χ1v) is 9.56. The van der Waals surface area contributed by atoms with Crippen molar-refractivity contribution in [2.24, 2.45) is 0 Å². The molecule has 6 nitrogen and oxygen atoms in total. The lowest BCUT2D eigenvalue weighted by Gasteiger charge is -2.16. The molecule has 1 aromatic heterocycles. The monoisotopic (exact) mass is 422 g/mol. The number of nitrogens with zero attached hydrogens (tertiary/aromatic N) is 2. The molecule has 0 unspecified atom stereocenters. The van der Waals surface area contributed by atoms with Gasteiger partial charge in [0.1, 0.15) is 11.6 Å². The number of hydrogen-bond acceptors (Lipinski definition) is 5. The van der Waals surface area contributed by atoms with Gasteiger partial charge in [0, 0.05) is 12.1 Å².